The Morgan fingerprint density at radius 3 is 2.42 bits per heavy atom. The fraction of sp³-hybridized carbons (Fsp3) is 0.381. The Balaban J connectivity index is 1.84. The molecule has 1 saturated heterocycles. The van der Waals surface area contributed by atoms with E-state index in [0.717, 1.165) is 0 Å². The van der Waals surface area contributed by atoms with Crippen LogP contribution in [0.2, 0.25) is 5.02 Å². The minimum absolute atomic E-state index is 0.0581. The molecule has 0 saturated carbocycles. The average Bonchev–Trinajstić information content (AvgIpc) is 2.76. The minimum atomic E-state index is -3.84. The van der Waals surface area contributed by atoms with Crippen LogP contribution in [0.4, 0.5) is 5.69 Å². The lowest BCUT2D eigenvalue weighted by molar-refractivity contribution is 0.0730. The molecule has 1 aliphatic rings. The summed E-state index contributed by atoms with van der Waals surface area (Å²) in [5, 5.41) is 2.82. The predicted octanol–water partition coefficient (Wildman–Crippen LogP) is 3.41. The predicted molar refractivity (Wildman–Crippen MR) is 118 cm³/mol. The van der Waals surface area contributed by atoms with Gasteiger partial charge >= 0.3 is 0 Å². The van der Waals surface area contributed by atoms with Crippen molar-refractivity contribution in [3.8, 4) is 11.5 Å². The smallest absolute Gasteiger partial charge is 0.255 e. The van der Waals surface area contributed by atoms with Gasteiger partial charge in [0.15, 0.2) is 11.5 Å². The molecule has 0 aromatic heterocycles. The van der Waals surface area contributed by atoms with E-state index in [1.54, 1.807) is 18.2 Å². The summed E-state index contributed by atoms with van der Waals surface area (Å²) in [6, 6.07) is 9.24. The molecule has 1 heterocycles. The summed E-state index contributed by atoms with van der Waals surface area (Å²) in [5.41, 5.74) is 0.660. The van der Waals surface area contributed by atoms with Gasteiger partial charge in [-0.05, 0) is 44.2 Å². The number of sulfonamides is 1. The molecule has 1 aliphatic heterocycles. The Labute approximate surface area is 187 Å². The van der Waals surface area contributed by atoms with Gasteiger partial charge < -0.3 is 19.5 Å². The van der Waals surface area contributed by atoms with Crippen molar-refractivity contribution in [3.63, 3.8) is 0 Å². The van der Waals surface area contributed by atoms with Gasteiger partial charge in [-0.1, -0.05) is 11.6 Å². The summed E-state index contributed by atoms with van der Waals surface area (Å²) in [7, 11) is -3.84. The van der Waals surface area contributed by atoms with E-state index in [2.05, 4.69) is 5.32 Å². The number of morpholine rings is 1. The number of carbonyl (C=O) groups is 1. The van der Waals surface area contributed by atoms with Crippen molar-refractivity contribution < 1.29 is 27.4 Å². The van der Waals surface area contributed by atoms with Crippen molar-refractivity contribution in [1.82, 2.24) is 4.31 Å². The first-order chi connectivity index (χ1) is 14.9. The van der Waals surface area contributed by atoms with Gasteiger partial charge in [0.2, 0.25) is 10.0 Å². The van der Waals surface area contributed by atoms with Crippen molar-refractivity contribution in [3.05, 3.63) is 47.0 Å². The van der Waals surface area contributed by atoms with Gasteiger partial charge in [0.05, 0.1) is 31.5 Å². The molecule has 10 heteroatoms. The Morgan fingerprint density at radius 1 is 1.06 bits per heavy atom. The largest absolute Gasteiger partial charge is 0.490 e. The molecule has 0 aliphatic carbocycles. The summed E-state index contributed by atoms with van der Waals surface area (Å²) in [4.78, 5) is 12.7. The molecule has 0 radical (unpaired) electrons. The summed E-state index contributed by atoms with van der Waals surface area (Å²) >= 11 is 6.17. The van der Waals surface area contributed by atoms with E-state index in [1.165, 1.54) is 22.5 Å². The number of hydrogen-bond donors (Lipinski definition) is 1. The zero-order valence-corrected chi connectivity index (χ0v) is 19.0. The van der Waals surface area contributed by atoms with Crippen LogP contribution in [-0.2, 0) is 14.8 Å². The maximum Gasteiger partial charge on any atom is 0.255 e. The molecule has 1 fully saturated rings. The topological polar surface area (TPSA) is 94.2 Å². The molecule has 2 aromatic carbocycles. The molecule has 2 aromatic rings. The van der Waals surface area contributed by atoms with Crippen molar-refractivity contribution in [2.24, 2.45) is 0 Å². The zero-order chi connectivity index (χ0) is 22.4. The maximum atomic E-state index is 13.0. The first-order valence-corrected chi connectivity index (χ1v) is 11.8. The number of anilines is 1. The lowest BCUT2D eigenvalue weighted by Crippen LogP contribution is -2.40. The van der Waals surface area contributed by atoms with Crippen LogP contribution >= 0.6 is 11.6 Å². The number of nitrogens with zero attached hydrogens (tertiary/aromatic N) is 1. The van der Waals surface area contributed by atoms with Crippen LogP contribution in [-0.4, -0.2) is 58.1 Å². The molecule has 1 amide bonds. The van der Waals surface area contributed by atoms with Crippen LogP contribution in [0.25, 0.3) is 0 Å². The summed E-state index contributed by atoms with van der Waals surface area (Å²) in [5.74, 6) is 0.614. The fourth-order valence-corrected chi connectivity index (χ4v) is 5.01. The monoisotopic (exact) mass is 468 g/mol. The summed E-state index contributed by atoms with van der Waals surface area (Å²) in [6.45, 7) is 5.75. The Bertz CT molecular complexity index is 1040. The highest BCUT2D eigenvalue weighted by molar-refractivity contribution is 7.89. The van der Waals surface area contributed by atoms with Crippen molar-refractivity contribution in [2.75, 3.05) is 44.8 Å². The molecule has 31 heavy (non-hydrogen) atoms. The minimum Gasteiger partial charge on any atom is -0.490 e. The van der Waals surface area contributed by atoms with Crippen molar-refractivity contribution in [2.45, 2.75) is 18.7 Å². The van der Waals surface area contributed by atoms with E-state index in [9.17, 15) is 13.2 Å². The lowest BCUT2D eigenvalue weighted by atomic mass is 10.2. The molecule has 168 valence electrons. The third-order valence-electron chi connectivity index (χ3n) is 4.58. The molecule has 8 nitrogen and oxygen atoms in total. The highest BCUT2D eigenvalue weighted by Gasteiger charge is 2.29. The summed E-state index contributed by atoms with van der Waals surface area (Å²) in [6.07, 6.45) is 0. The molecular formula is C21H25ClN2O6S. The van der Waals surface area contributed by atoms with E-state index in [4.69, 9.17) is 25.8 Å². The van der Waals surface area contributed by atoms with Crippen LogP contribution in [0.5, 0.6) is 11.5 Å². The number of nitrogens with one attached hydrogen (secondary N) is 1. The van der Waals surface area contributed by atoms with Gasteiger partial charge in [-0.3, -0.25) is 4.79 Å². The van der Waals surface area contributed by atoms with Crippen molar-refractivity contribution in [1.29, 1.82) is 0 Å². The second kappa shape index (κ2) is 10.3. The summed E-state index contributed by atoms with van der Waals surface area (Å²) < 4.78 is 43.6. The van der Waals surface area contributed by atoms with E-state index in [1.807, 2.05) is 13.8 Å². The van der Waals surface area contributed by atoms with Crippen LogP contribution in [0.3, 0.4) is 0 Å². The molecule has 1 N–H and O–H groups in total. The van der Waals surface area contributed by atoms with Gasteiger partial charge in [0, 0.05) is 30.4 Å². The van der Waals surface area contributed by atoms with E-state index in [0.29, 0.717) is 43.6 Å². The van der Waals surface area contributed by atoms with Gasteiger partial charge in [0.1, 0.15) is 4.90 Å². The normalized spacial score (nSPS) is 14.8. The van der Waals surface area contributed by atoms with Crippen LogP contribution in [0.15, 0.2) is 41.3 Å². The highest BCUT2D eigenvalue weighted by Crippen LogP contribution is 2.31. The van der Waals surface area contributed by atoms with Gasteiger partial charge in [-0.15, -0.1) is 0 Å². The van der Waals surface area contributed by atoms with E-state index >= 15 is 0 Å². The highest BCUT2D eigenvalue weighted by atomic mass is 35.5. The number of amides is 1. The second-order valence-corrected chi connectivity index (χ2v) is 8.96. The van der Waals surface area contributed by atoms with Crippen molar-refractivity contribution >= 4 is 33.2 Å². The quantitative estimate of drug-likeness (QED) is 0.638. The standard InChI is InChI=1S/C21H25ClN2O6S/c1-3-29-18-8-6-16(14-19(18)30-4-2)23-21(25)15-5-7-17(22)20(13-15)31(26,27)24-9-11-28-12-10-24/h5-8,13-14H,3-4,9-12H2,1-2H3,(H,23,25). The molecule has 0 spiro atoms. The molecular weight excluding hydrogens is 444 g/mol. The van der Waals surface area contributed by atoms with Gasteiger partial charge in [-0.25, -0.2) is 8.42 Å². The SMILES string of the molecule is CCOc1ccc(NC(=O)c2ccc(Cl)c(S(=O)(=O)N3CCOCC3)c2)cc1OCC. The Kier molecular flexibility index (Phi) is 7.77. The first-order valence-electron chi connectivity index (χ1n) is 9.95. The zero-order valence-electron chi connectivity index (χ0n) is 17.4. The number of ether oxygens (including phenoxy) is 3. The molecule has 0 atom stereocenters. The van der Waals surface area contributed by atoms with E-state index < -0.39 is 15.9 Å². The molecule has 0 bridgehead atoms. The first kappa shape index (κ1) is 23.3. The number of rotatable bonds is 8. The fourth-order valence-electron chi connectivity index (χ4n) is 3.10. The van der Waals surface area contributed by atoms with Gasteiger partial charge in [0.25, 0.3) is 5.91 Å². The molecule has 3 rings (SSSR count). The lowest BCUT2D eigenvalue weighted by Gasteiger charge is -2.26. The van der Waals surface area contributed by atoms with Crippen LogP contribution in [0.1, 0.15) is 24.2 Å². The number of hydrogen-bond acceptors (Lipinski definition) is 6. The Morgan fingerprint density at radius 2 is 1.74 bits per heavy atom. The van der Waals surface area contributed by atoms with E-state index in [-0.39, 0.29) is 28.6 Å². The Hall–Kier alpha value is -2.33. The van der Waals surface area contributed by atoms with Gasteiger partial charge in [-0.2, -0.15) is 4.31 Å². The number of benzene rings is 2. The third kappa shape index (κ3) is 5.48. The number of halogens is 1. The number of carbonyl (C=O) groups excluding carboxylic acids is 1. The van der Waals surface area contributed by atoms with Crippen LogP contribution < -0.4 is 14.8 Å². The average molecular weight is 469 g/mol. The third-order valence-corrected chi connectivity index (χ3v) is 6.96. The second-order valence-electron chi connectivity index (χ2n) is 6.64. The molecule has 0 unspecified atom stereocenters. The van der Waals surface area contributed by atoms with Crippen LogP contribution in [0, 0.1) is 0 Å². The maximum absolute atomic E-state index is 13.0.